The summed E-state index contributed by atoms with van der Waals surface area (Å²) in [5.41, 5.74) is 0. The van der Waals surface area contributed by atoms with E-state index >= 15 is 0 Å². The van der Waals surface area contributed by atoms with E-state index in [0.29, 0.717) is 0 Å². The van der Waals surface area contributed by atoms with Crippen LogP contribution in [0.5, 0.6) is 0 Å². The summed E-state index contributed by atoms with van der Waals surface area (Å²) < 4.78 is 2.23. The lowest BCUT2D eigenvalue weighted by molar-refractivity contribution is -0.697. The summed E-state index contributed by atoms with van der Waals surface area (Å²) in [5.74, 6) is 0. The Balaban J connectivity index is 0.00000121. The van der Waals surface area contributed by atoms with Gasteiger partial charge in [0.1, 0.15) is 6.54 Å². The van der Waals surface area contributed by atoms with Crippen molar-refractivity contribution in [3.8, 4) is 0 Å². The van der Waals surface area contributed by atoms with E-state index in [9.17, 15) is 0 Å². The molecule has 12 heavy (non-hydrogen) atoms. The first-order valence-corrected chi connectivity index (χ1v) is 4.37. The second kappa shape index (κ2) is 6.80. The minimum atomic E-state index is 0. The van der Waals surface area contributed by atoms with Gasteiger partial charge in [-0.2, -0.15) is 0 Å². The van der Waals surface area contributed by atoms with Gasteiger partial charge in [0.2, 0.25) is 0 Å². The quantitative estimate of drug-likeness (QED) is 0.542. The van der Waals surface area contributed by atoms with E-state index in [-0.39, 0.29) is 6.15 Å². The Morgan fingerprint density at radius 1 is 1.00 bits per heavy atom. The molecule has 0 amide bonds. The Bertz CT molecular complexity index is 184. The van der Waals surface area contributed by atoms with E-state index < -0.39 is 0 Å². The van der Waals surface area contributed by atoms with Crippen molar-refractivity contribution >= 4 is 0 Å². The average molecular weight is 167 g/mol. The zero-order chi connectivity index (χ0) is 7.94. The highest BCUT2D eigenvalue weighted by molar-refractivity contribution is 4.83. The van der Waals surface area contributed by atoms with Gasteiger partial charge in [-0.15, -0.1) is 0 Å². The van der Waals surface area contributed by atoms with Crippen molar-refractivity contribution in [2.75, 3.05) is 0 Å². The fourth-order valence-electron chi connectivity index (χ4n) is 1.13. The van der Waals surface area contributed by atoms with Gasteiger partial charge in [0.05, 0.1) is 0 Å². The first kappa shape index (κ1) is 11.1. The summed E-state index contributed by atoms with van der Waals surface area (Å²) in [7, 11) is 0. The van der Waals surface area contributed by atoms with Gasteiger partial charge >= 0.3 is 0 Å². The SMILES string of the molecule is CCCCC[n+]1ccccc1.N. The molecule has 1 aromatic rings. The van der Waals surface area contributed by atoms with Gasteiger partial charge < -0.3 is 6.15 Å². The Hall–Kier alpha value is -0.890. The lowest BCUT2D eigenvalue weighted by Crippen LogP contribution is -2.31. The summed E-state index contributed by atoms with van der Waals surface area (Å²) in [6.07, 6.45) is 8.17. The molecule has 1 aromatic heterocycles. The van der Waals surface area contributed by atoms with Gasteiger partial charge in [-0.05, 0) is 6.42 Å². The number of nitrogens with zero attached hydrogens (tertiary/aromatic N) is 1. The predicted octanol–water partition coefficient (Wildman–Crippen LogP) is 2.33. The van der Waals surface area contributed by atoms with E-state index in [1.54, 1.807) is 0 Å². The highest BCUT2D eigenvalue weighted by Gasteiger charge is 1.94. The van der Waals surface area contributed by atoms with Gasteiger partial charge in [0.15, 0.2) is 12.4 Å². The third-order valence-electron chi connectivity index (χ3n) is 1.80. The molecule has 0 spiro atoms. The Labute approximate surface area is 74.8 Å². The number of hydrogen-bond acceptors (Lipinski definition) is 1. The zero-order valence-corrected chi connectivity index (χ0v) is 7.87. The molecule has 2 nitrogen and oxygen atoms in total. The van der Waals surface area contributed by atoms with Crippen LogP contribution < -0.4 is 10.7 Å². The Kier molecular flexibility index (Phi) is 6.29. The van der Waals surface area contributed by atoms with Crippen LogP contribution in [0.15, 0.2) is 30.6 Å². The fraction of sp³-hybridized carbons (Fsp3) is 0.500. The van der Waals surface area contributed by atoms with Crippen molar-refractivity contribution in [3.63, 3.8) is 0 Å². The van der Waals surface area contributed by atoms with Crippen molar-refractivity contribution in [2.45, 2.75) is 32.7 Å². The standard InChI is InChI=1S/C10H16N.H3N/c1-2-3-5-8-11-9-6-4-7-10-11;/h4,6-7,9-10H,2-3,5,8H2,1H3;1H3/q+1;. The molecule has 1 rings (SSSR count). The molecule has 0 aliphatic rings. The molecule has 2 heteroatoms. The monoisotopic (exact) mass is 167 g/mol. The average Bonchev–Trinajstić information content (AvgIpc) is 2.07. The summed E-state index contributed by atoms with van der Waals surface area (Å²) in [6.45, 7) is 3.39. The topological polar surface area (TPSA) is 38.9 Å². The Morgan fingerprint density at radius 3 is 2.25 bits per heavy atom. The fourth-order valence-corrected chi connectivity index (χ4v) is 1.13. The maximum Gasteiger partial charge on any atom is 0.168 e. The normalized spacial score (nSPS) is 9.08. The van der Waals surface area contributed by atoms with Gasteiger partial charge in [-0.3, -0.25) is 0 Å². The lowest BCUT2D eigenvalue weighted by Gasteiger charge is -1.93. The summed E-state index contributed by atoms with van der Waals surface area (Å²) in [5, 5.41) is 0. The molecule has 0 aliphatic heterocycles. The number of hydrogen-bond donors (Lipinski definition) is 1. The molecule has 68 valence electrons. The van der Waals surface area contributed by atoms with Crippen molar-refractivity contribution in [3.05, 3.63) is 30.6 Å². The van der Waals surface area contributed by atoms with Crippen molar-refractivity contribution in [1.82, 2.24) is 6.15 Å². The number of unbranched alkanes of at least 4 members (excludes halogenated alkanes) is 2. The third-order valence-corrected chi connectivity index (χ3v) is 1.80. The molecular formula is C10H19N2+. The van der Waals surface area contributed by atoms with Crippen LogP contribution in [-0.2, 0) is 6.54 Å². The van der Waals surface area contributed by atoms with E-state index in [2.05, 4.69) is 42.1 Å². The number of pyridine rings is 1. The minimum absolute atomic E-state index is 0. The first-order valence-electron chi connectivity index (χ1n) is 4.37. The van der Waals surface area contributed by atoms with E-state index in [1.807, 2.05) is 0 Å². The molecule has 1 heterocycles. The summed E-state index contributed by atoms with van der Waals surface area (Å²) >= 11 is 0. The van der Waals surface area contributed by atoms with Crippen LogP contribution in [0.3, 0.4) is 0 Å². The van der Waals surface area contributed by atoms with E-state index in [1.165, 1.54) is 19.3 Å². The molecule has 0 bridgehead atoms. The number of aryl methyl sites for hydroxylation is 1. The molecule has 0 saturated carbocycles. The van der Waals surface area contributed by atoms with E-state index in [4.69, 9.17) is 0 Å². The van der Waals surface area contributed by atoms with Crippen LogP contribution in [0, 0.1) is 0 Å². The van der Waals surface area contributed by atoms with E-state index in [0.717, 1.165) is 6.54 Å². The minimum Gasteiger partial charge on any atom is -0.344 e. The molecule has 0 radical (unpaired) electrons. The predicted molar refractivity (Wildman–Crippen MR) is 51.2 cm³/mol. The van der Waals surface area contributed by atoms with Crippen LogP contribution in [0.25, 0.3) is 0 Å². The zero-order valence-electron chi connectivity index (χ0n) is 7.87. The lowest BCUT2D eigenvalue weighted by atomic mass is 10.2. The van der Waals surface area contributed by atoms with Crippen LogP contribution >= 0.6 is 0 Å². The molecule has 0 aromatic carbocycles. The molecule has 0 saturated heterocycles. The van der Waals surface area contributed by atoms with Crippen LogP contribution in [0.4, 0.5) is 0 Å². The van der Waals surface area contributed by atoms with Crippen molar-refractivity contribution in [1.29, 1.82) is 0 Å². The van der Waals surface area contributed by atoms with Crippen molar-refractivity contribution in [2.24, 2.45) is 0 Å². The first-order chi connectivity index (χ1) is 5.43. The smallest absolute Gasteiger partial charge is 0.168 e. The maximum absolute atomic E-state index is 2.23. The largest absolute Gasteiger partial charge is 0.344 e. The van der Waals surface area contributed by atoms with Crippen LogP contribution in [-0.4, -0.2) is 0 Å². The molecular weight excluding hydrogens is 148 g/mol. The number of aromatic nitrogens is 1. The molecule has 0 fully saturated rings. The van der Waals surface area contributed by atoms with Gasteiger partial charge in [0.25, 0.3) is 0 Å². The molecule has 0 aliphatic carbocycles. The van der Waals surface area contributed by atoms with Gasteiger partial charge in [-0.25, -0.2) is 4.57 Å². The van der Waals surface area contributed by atoms with Crippen molar-refractivity contribution < 1.29 is 4.57 Å². The summed E-state index contributed by atoms with van der Waals surface area (Å²) in [6, 6.07) is 6.20. The van der Waals surface area contributed by atoms with Gasteiger partial charge in [0, 0.05) is 18.6 Å². The van der Waals surface area contributed by atoms with Gasteiger partial charge in [-0.1, -0.05) is 19.4 Å². The molecule has 0 unspecified atom stereocenters. The second-order valence-electron chi connectivity index (χ2n) is 2.82. The van der Waals surface area contributed by atoms with Crippen LogP contribution in [0.2, 0.25) is 0 Å². The number of rotatable bonds is 4. The second-order valence-corrected chi connectivity index (χ2v) is 2.82. The van der Waals surface area contributed by atoms with Crippen LogP contribution in [0.1, 0.15) is 26.2 Å². The summed E-state index contributed by atoms with van der Waals surface area (Å²) in [4.78, 5) is 0. The maximum atomic E-state index is 2.23. The molecule has 3 N–H and O–H groups in total. The Morgan fingerprint density at radius 2 is 1.67 bits per heavy atom. The molecule has 0 atom stereocenters. The third kappa shape index (κ3) is 4.09. The highest BCUT2D eigenvalue weighted by Crippen LogP contribution is 1.92. The highest BCUT2D eigenvalue weighted by atomic mass is 14.9.